The minimum absolute atomic E-state index is 1.25. The van der Waals surface area contributed by atoms with Gasteiger partial charge in [0.1, 0.15) is 0 Å². The average Bonchev–Trinajstić information content (AvgIpc) is 2.85. The van der Waals surface area contributed by atoms with Crippen LogP contribution in [0, 0.1) is 0 Å². The summed E-state index contributed by atoms with van der Waals surface area (Å²) in [6.07, 6.45) is 5.00. The fourth-order valence-corrected chi connectivity index (χ4v) is 1.52. The molecule has 0 fully saturated rings. The summed E-state index contributed by atoms with van der Waals surface area (Å²) >= 11 is 0. The fraction of sp³-hybridized carbons (Fsp3) is 0.500. The van der Waals surface area contributed by atoms with Gasteiger partial charge in [-0.15, -0.1) is 0 Å². The number of benzene rings is 3. The molecule has 0 aromatic heterocycles. The second-order valence-electron chi connectivity index (χ2n) is 6.33. The molecule has 0 amide bonds. The normalized spacial score (nSPS) is 7.25. The van der Waals surface area contributed by atoms with Gasteiger partial charge in [-0.1, -0.05) is 194 Å². The van der Waals surface area contributed by atoms with Gasteiger partial charge in [0.15, 0.2) is 0 Å². The number of rotatable bonds is 0. The Morgan fingerprint density at radius 3 is 0.562 bits per heavy atom. The van der Waals surface area contributed by atoms with Gasteiger partial charge < -0.3 is 0 Å². The number of hydrogen-bond donors (Lipinski definition) is 0. The van der Waals surface area contributed by atoms with E-state index in [1.165, 1.54) is 36.5 Å². The summed E-state index contributed by atoms with van der Waals surface area (Å²) in [5.74, 6) is 0. The Kier molecular flexibility index (Phi) is 59.1. The first-order valence-corrected chi connectivity index (χ1v) is 13.1. The third kappa shape index (κ3) is 42.1. The monoisotopic (exact) mass is 442 g/mol. The molecule has 0 bridgehead atoms. The Morgan fingerprint density at radius 2 is 0.438 bits per heavy atom. The van der Waals surface area contributed by atoms with Crippen molar-refractivity contribution in [2.24, 2.45) is 0 Å². The Balaban J connectivity index is -0.0000000966. The summed E-state index contributed by atoms with van der Waals surface area (Å²) in [5.41, 5.74) is 0. The van der Waals surface area contributed by atoms with Crippen LogP contribution < -0.4 is 0 Å². The molecule has 0 unspecified atom stereocenters. The van der Waals surface area contributed by atoms with Crippen LogP contribution in [0.5, 0.6) is 0 Å². The smallest absolute Gasteiger partial charge is 0.0184 e. The first kappa shape index (κ1) is 40.3. The highest BCUT2D eigenvalue weighted by atomic mass is 13.9. The maximum absolute atomic E-state index is 2.12. The molecule has 0 saturated heterocycles. The fourth-order valence-electron chi connectivity index (χ4n) is 1.52. The number of hydrogen-bond acceptors (Lipinski definition) is 0. The summed E-state index contributed by atoms with van der Waals surface area (Å²) in [6, 6.07) is 28.7. The summed E-state index contributed by atoms with van der Waals surface area (Å²) in [7, 11) is 0. The van der Waals surface area contributed by atoms with Gasteiger partial charge in [0.25, 0.3) is 0 Å². The highest BCUT2D eigenvalue weighted by Crippen LogP contribution is 2.11. The van der Waals surface area contributed by atoms with Crippen molar-refractivity contribution in [1.29, 1.82) is 0 Å². The third-order valence-electron chi connectivity index (χ3n) is 2.33. The molecule has 0 heterocycles. The van der Waals surface area contributed by atoms with Crippen molar-refractivity contribution in [2.45, 2.75) is 109 Å². The van der Waals surface area contributed by atoms with Crippen molar-refractivity contribution >= 4 is 10.8 Å². The van der Waals surface area contributed by atoms with Crippen molar-refractivity contribution in [2.75, 3.05) is 0 Å². The second kappa shape index (κ2) is 46.9. The molecule has 0 heteroatoms. The van der Waals surface area contributed by atoms with Crippen LogP contribution in [0.25, 0.3) is 10.8 Å². The van der Waals surface area contributed by atoms with Gasteiger partial charge >= 0.3 is 0 Å². The molecule has 0 aliphatic carbocycles. The lowest BCUT2D eigenvalue weighted by atomic mass is 10.1. The van der Waals surface area contributed by atoms with Gasteiger partial charge in [-0.3, -0.25) is 0 Å². The zero-order chi connectivity index (χ0) is 25.9. The topological polar surface area (TPSA) is 0 Å². The minimum atomic E-state index is 1.25. The van der Waals surface area contributed by atoms with Crippen LogP contribution in [0.1, 0.15) is 109 Å². The van der Waals surface area contributed by atoms with E-state index >= 15 is 0 Å². The van der Waals surface area contributed by atoms with Crippen molar-refractivity contribution in [1.82, 2.24) is 0 Å². The van der Waals surface area contributed by atoms with E-state index in [4.69, 9.17) is 0 Å². The summed E-state index contributed by atoms with van der Waals surface area (Å²) < 4.78 is 0. The molecule has 3 aromatic rings. The van der Waals surface area contributed by atoms with Gasteiger partial charge in [-0.2, -0.15) is 0 Å². The molecule has 0 N–H and O–H groups in total. The van der Waals surface area contributed by atoms with Crippen molar-refractivity contribution < 1.29 is 0 Å². The predicted molar refractivity (Wildman–Crippen MR) is 157 cm³/mol. The molecule has 0 atom stereocenters. The van der Waals surface area contributed by atoms with Crippen LogP contribution in [0.15, 0.2) is 84.9 Å². The van der Waals surface area contributed by atoms with Crippen molar-refractivity contribution in [3.63, 3.8) is 0 Å². The van der Waals surface area contributed by atoms with Crippen LogP contribution >= 0.6 is 0 Å². The molecule has 0 radical (unpaired) electrons. The first-order valence-electron chi connectivity index (χ1n) is 13.1. The average molecular weight is 443 g/mol. The van der Waals surface area contributed by atoms with Gasteiger partial charge in [0.05, 0.1) is 0 Å². The van der Waals surface area contributed by atoms with E-state index in [0.717, 1.165) is 0 Å². The second-order valence-corrected chi connectivity index (χ2v) is 6.33. The van der Waals surface area contributed by atoms with Crippen molar-refractivity contribution in [3.8, 4) is 0 Å². The van der Waals surface area contributed by atoms with Crippen LogP contribution in [0.4, 0.5) is 0 Å². The van der Waals surface area contributed by atoms with Crippen molar-refractivity contribution in [3.05, 3.63) is 84.9 Å². The van der Waals surface area contributed by atoms with E-state index in [1.54, 1.807) is 0 Å². The molecule has 0 aliphatic rings. The van der Waals surface area contributed by atoms with Gasteiger partial charge in [0, 0.05) is 0 Å². The Morgan fingerprint density at radius 1 is 0.312 bits per heavy atom. The molecule has 32 heavy (non-hydrogen) atoms. The van der Waals surface area contributed by atoms with E-state index in [2.05, 4.69) is 104 Å². The van der Waals surface area contributed by atoms with Gasteiger partial charge in [-0.25, -0.2) is 0 Å². The molecular weight excluding hydrogens is 384 g/mol. The van der Waals surface area contributed by atoms with Crippen LogP contribution in [0.2, 0.25) is 0 Å². The maximum atomic E-state index is 2.12. The van der Waals surface area contributed by atoms with E-state index in [0.29, 0.717) is 0 Å². The largest absolute Gasteiger partial charge is 0.0683 e. The molecule has 0 nitrogen and oxygen atoms in total. The van der Waals surface area contributed by atoms with Gasteiger partial charge in [-0.05, 0) is 10.8 Å². The van der Waals surface area contributed by atoms with E-state index < -0.39 is 0 Å². The quantitative estimate of drug-likeness (QED) is 0.324. The van der Waals surface area contributed by atoms with Crippen LogP contribution in [-0.2, 0) is 0 Å². The highest BCUT2D eigenvalue weighted by Gasteiger charge is 1.85. The SMILES string of the molecule is CC.CC.CCC.CCC.CCC.CCC.c1ccc2ccccc2c1.c1ccccc1. The summed E-state index contributed by atoms with van der Waals surface area (Å²) in [6.45, 7) is 25.0. The zero-order valence-electron chi connectivity index (χ0n) is 23.9. The lowest BCUT2D eigenvalue weighted by Crippen LogP contribution is -1.67. The summed E-state index contributed by atoms with van der Waals surface area (Å²) in [4.78, 5) is 0. The maximum Gasteiger partial charge on any atom is -0.0184 e. The molecule has 3 rings (SSSR count). The van der Waals surface area contributed by atoms with E-state index in [1.807, 2.05) is 64.1 Å². The molecule has 0 spiro atoms. The summed E-state index contributed by atoms with van der Waals surface area (Å²) in [5, 5.41) is 2.62. The van der Waals surface area contributed by atoms with E-state index in [9.17, 15) is 0 Å². The molecule has 3 aromatic carbocycles. The Hall–Kier alpha value is -2.08. The molecular formula is C32H58. The van der Waals surface area contributed by atoms with Crippen LogP contribution in [-0.4, -0.2) is 0 Å². The Bertz CT molecular complexity index is 484. The third-order valence-corrected chi connectivity index (χ3v) is 2.33. The van der Waals surface area contributed by atoms with Gasteiger partial charge in [0.2, 0.25) is 0 Å². The minimum Gasteiger partial charge on any atom is -0.0683 e. The molecule has 0 saturated carbocycles. The molecule has 0 aliphatic heterocycles. The number of fused-ring (bicyclic) bond motifs is 1. The predicted octanol–water partition coefficient (Wildman–Crippen LogP) is 12.2. The van der Waals surface area contributed by atoms with Crippen LogP contribution in [0.3, 0.4) is 0 Å². The Labute approximate surface area is 204 Å². The first-order chi connectivity index (χ1) is 15.6. The lowest BCUT2D eigenvalue weighted by Gasteiger charge is -1.92. The lowest BCUT2D eigenvalue weighted by molar-refractivity contribution is 1.09. The standard InChI is InChI=1S/C10H8.C6H6.4C3H8.2C2H6/c1-2-6-10-8-4-3-7-9(10)5-1;1-2-4-6-5-3-1;4*1-3-2;2*1-2/h1-8H;1-6H;4*3H2,1-2H3;2*1-2H3. The van der Waals surface area contributed by atoms with E-state index in [-0.39, 0.29) is 0 Å². The highest BCUT2D eigenvalue weighted by molar-refractivity contribution is 5.81. The zero-order valence-corrected chi connectivity index (χ0v) is 23.9. The molecule has 186 valence electrons.